The van der Waals surface area contributed by atoms with E-state index in [9.17, 15) is 9.59 Å². The minimum absolute atomic E-state index is 0.0464. The molecule has 0 aliphatic carbocycles. The second kappa shape index (κ2) is 7.27. The van der Waals surface area contributed by atoms with Crippen molar-refractivity contribution in [1.29, 1.82) is 0 Å². The number of rotatable bonds is 6. The lowest BCUT2D eigenvalue weighted by Crippen LogP contribution is -2.48. The van der Waals surface area contributed by atoms with Crippen LogP contribution in [0.15, 0.2) is 0 Å². The van der Waals surface area contributed by atoms with Crippen molar-refractivity contribution in [1.82, 2.24) is 10.6 Å². The Morgan fingerprint density at radius 2 is 2.18 bits per heavy atom. The van der Waals surface area contributed by atoms with Gasteiger partial charge in [-0.25, -0.2) is 0 Å². The van der Waals surface area contributed by atoms with Gasteiger partial charge in [0, 0.05) is 13.0 Å². The highest BCUT2D eigenvalue weighted by atomic mass is 16.2. The van der Waals surface area contributed by atoms with E-state index < -0.39 is 0 Å². The summed E-state index contributed by atoms with van der Waals surface area (Å²) in [5.74, 6) is 0.414. The molecule has 2 atom stereocenters. The molecule has 0 aromatic carbocycles. The first-order valence-electron chi connectivity index (χ1n) is 6.39. The second-order valence-electron chi connectivity index (χ2n) is 4.85. The molecule has 1 rings (SSSR count). The van der Waals surface area contributed by atoms with Gasteiger partial charge >= 0.3 is 0 Å². The van der Waals surface area contributed by atoms with Gasteiger partial charge in [0.25, 0.3) is 0 Å². The van der Waals surface area contributed by atoms with Gasteiger partial charge in [0.15, 0.2) is 0 Å². The van der Waals surface area contributed by atoms with Crippen LogP contribution in [0.25, 0.3) is 0 Å². The minimum atomic E-state index is -0.279. The molecule has 1 heterocycles. The molecule has 5 nitrogen and oxygen atoms in total. The zero-order chi connectivity index (χ0) is 12.7. The average molecular weight is 241 g/mol. The van der Waals surface area contributed by atoms with Gasteiger partial charge in [0.2, 0.25) is 11.8 Å². The first-order valence-corrected chi connectivity index (χ1v) is 6.39. The minimum Gasteiger partial charge on any atom is -0.370 e. The Hall–Kier alpha value is -1.10. The van der Waals surface area contributed by atoms with E-state index in [-0.39, 0.29) is 17.9 Å². The van der Waals surface area contributed by atoms with Crippen molar-refractivity contribution in [3.8, 4) is 0 Å². The Morgan fingerprint density at radius 3 is 2.82 bits per heavy atom. The molecule has 2 unspecified atom stereocenters. The van der Waals surface area contributed by atoms with E-state index in [1.165, 1.54) is 0 Å². The molecule has 4 N–H and O–H groups in total. The molecule has 1 aliphatic heterocycles. The van der Waals surface area contributed by atoms with Crippen LogP contribution in [0.4, 0.5) is 0 Å². The van der Waals surface area contributed by atoms with Crippen LogP contribution in [0.3, 0.4) is 0 Å². The fourth-order valence-electron chi connectivity index (χ4n) is 2.07. The SMILES string of the molecule is CC1CCNC(C(=O)NCCCCC(N)=O)C1. The van der Waals surface area contributed by atoms with Gasteiger partial charge in [-0.3, -0.25) is 9.59 Å². The molecule has 0 aromatic rings. The summed E-state index contributed by atoms with van der Waals surface area (Å²) in [7, 11) is 0. The zero-order valence-electron chi connectivity index (χ0n) is 10.5. The first kappa shape index (κ1) is 14.0. The number of hydrogen-bond donors (Lipinski definition) is 3. The van der Waals surface area contributed by atoms with Crippen molar-refractivity contribution >= 4 is 11.8 Å². The molecule has 17 heavy (non-hydrogen) atoms. The predicted octanol–water partition coefficient (Wildman–Crippen LogP) is 0.146. The highest BCUT2D eigenvalue weighted by molar-refractivity contribution is 5.81. The van der Waals surface area contributed by atoms with E-state index in [0.29, 0.717) is 18.9 Å². The van der Waals surface area contributed by atoms with Crippen LogP contribution in [-0.4, -0.2) is 30.9 Å². The van der Waals surface area contributed by atoms with Crippen LogP contribution in [0.2, 0.25) is 0 Å². The van der Waals surface area contributed by atoms with Gasteiger partial charge in [-0.15, -0.1) is 0 Å². The van der Waals surface area contributed by atoms with E-state index >= 15 is 0 Å². The monoisotopic (exact) mass is 241 g/mol. The standard InChI is InChI=1S/C12H23N3O2/c1-9-5-7-14-10(8-9)12(17)15-6-3-2-4-11(13)16/h9-10,14H,2-8H2,1H3,(H2,13,16)(H,15,17). The Kier molecular flexibility index (Phi) is 5.97. The molecule has 0 aromatic heterocycles. The topological polar surface area (TPSA) is 84.2 Å². The number of carbonyl (C=O) groups is 2. The van der Waals surface area contributed by atoms with Crippen molar-refractivity contribution in [3.63, 3.8) is 0 Å². The van der Waals surface area contributed by atoms with Gasteiger partial charge in [0.1, 0.15) is 0 Å². The van der Waals surface area contributed by atoms with Crippen LogP contribution >= 0.6 is 0 Å². The summed E-state index contributed by atoms with van der Waals surface area (Å²) in [6.07, 6.45) is 3.99. The molecule has 0 spiro atoms. The number of carbonyl (C=O) groups excluding carboxylic acids is 2. The molecule has 0 bridgehead atoms. The molecule has 1 aliphatic rings. The number of nitrogens with two attached hydrogens (primary N) is 1. The Morgan fingerprint density at radius 1 is 1.41 bits per heavy atom. The molecular formula is C12H23N3O2. The van der Waals surface area contributed by atoms with Gasteiger partial charge in [0.05, 0.1) is 6.04 Å². The number of primary amides is 1. The molecule has 1 fully saturated rings. The summed E-state index contributed by atoms with van der Waals surface area (Å²) in [6.45, 7) is 3.72. The first-order chi connectivity index (χ1) is 8.09. The summed E-state index contributed by atoms with van der Waals surface area (Å²) in [5.41, 5.74) is 5.03. The molecule has 98 valence electrons. The lowest BCUT2D eigenvalue weighted by molar-refractivity contribution is -0.124. The largest absolute Gasteiger partial charge is 0.370 e. The molecule has 5 heteroatoms. The van der Waals surface area contributed by atoms with Crippen LogP contribution < -0.4 is 16.4 Å². The summed E-state index contributed by atoms with van der Waals surface area (Å²) in [5, 5.41) is 6.12. The van der Waals surface area contributed by atoms with E-state index in [4.69, 9.17) is 5.73 Å². The van der Waals surface area contributed by atoms with E-state index in [1.807, 2.05) is 0 Å². The third-order valence-electron chi connectivity index (χ3n) is 3.13. The number of piperidine rings is 1. The summed E-state index contributed by atoms with van der Waals surface area (Å²) < 4.78 is 0. The Balaban J connectivity index is 2.10. The Bertz CT molecular complexity index is 268. The van der Waals surface area contributed by atoms with Crippen molar-refractivity contribution in [2.24, 2.45) is 11.7 Å². The highest BCUT2D eigenvalue weighted by Gasteiger charge is 2.23. The van der Waals surface area contributed by atoms with Crippen molar-refractivity contribution < 1.29 is 9.59 Å². The smallest absolute Gasteiger partial charge is 0.237 e. The maximum Gasteiger partial charge on any atom is 0.237 e. The average Bonchev–Trinajstić information content (AvgIpc) is 2.28. The number of amides is 2. The van der Waals surface area contributed by atoms with Crippen molar-refractivity contribution in [2.75, 3.05) is 13.1 Å². The van der Waals surface area contributed by atoms with Crippen molar-refractivity contribution in [2.45, 2.75) is 45.1 Å². The normalized spacial score (nSPS) is 24.3. The summed E-state index contributed by atoms with van der Waals surface area (Å²) in [4.78, 5) is 22.3. The number of hydrogen-bond acceptors (Lipinski definition) is 3. The van der Waals surface area contributed by atoms with Crippen LogP contribution in [0.5, 0.6) is 0 Å². The van der Waals surface area contributed by atoms with E-state index in [1.54, 1.807) is 0 Å². The molecule has 0 saturated carbocycles. The lowest BCUT2D eigenvalue weighted by Gasteiger charge is -2.27. The van der Waals surface area contributed by atoms with Crippen LogP contribution in [-0.2, 0) is 9.59 Å². The van der Waals surface area contributed by atoms with Gasteiger partial charge in [-0.05, 0) is 38.1 Å². The predicted molar refractivity (Wildman–Crippen MR) is 66.2 cm³/mol. The van der Waals surface area contributed by atoms with Gasteiger partial charge in [-0.1, -0.05) is 6.92 Å². The number of nitrogens with one attached hydrogen (secondary N) is 2. The van der Waals surface area contributed by atoms with E-state index in [2.05, 4.69) is 17.6 Å². The lowest BCUT2D eigenvalue weighted by atomic mass is 9.94. The third-order valence-corrected chi connectivity index (χ3v) is 3.13. The molecule has 2 amide bonds. The molecule has 1 saturated heterocycles. The molecular weight excluding hydrogens is 218 g/mol. The number of unbranched alkanes of at least 4 members (excludes halogenated alkanes) is 1. The quantitative estimate of drug-likeness (QED) is 0.579. The van der Waals surface area contributed by atoms with Crippen LogP contribution in [0, 0.1) is 5.92 Å². The van der Waals surface area contributed by atoms with Gasteiger partial charge < -0.3 is 16.4 Å². The highest BCUT2D eigenvalue weighted by Crippen LogP contribution is 2.14. The second-order valence-corrected chi connectivity index (χ2v) is 4.85. The maximum atomic E-state index is 11.8. The molecule has 0 radical (unpaired) electrons. The van der Waals surface area contributed by atoms with Crippen molar-refractivity contribution in [3.05, 3.63) is 0 Å². The van der Waals surface area contributed by atoms with E-state index in [0.717, 1.165) is 32.2 Å². The Labute approximate surface area is 103 Å². The van der Waals surface area contributed by atoms with Crippen LogP contribution in [0.1, 0.15) is 39.0 Å². The summed E-state index contributed by atoms with van der Waals surface area (Å²) in [6, 6.07) is -0.0464. The van der Waals surface area contributed by atoms with Gasteiger partial charge in [-0.2, -0.15) is 0 Å². The maximum absolute atomic E-state index is 11.8. The third kappa shape index (κ3) is 5.68. The fraction of sp³-hybridized carbons (Fsp3) is 0.833. The zero-order valence-corrected chi connectivity index (χ0v) is 10.5. The fourth-order valence-corrected chi connectivity index (χ4v) is 2.07. The summed E-state index contributed by atoms with van der Waals surface area (Å²) >= 11 is 0.